The number of methoxy groups -OCH3 is 1. The number of rotatable bonds is 7. The summed E-state index contributed by atoms with van der Waals surface area (Å²) in [5.74, 6) is 0.797. The predicted octanol–water partition coefficient (Wildman–Crippen LogP) is 4.43. The van der Waals surface area contributed by atoms with E-state index < -0.39 is 0 Å². The molecule has 4 heteroatoms. The number of nitrogens with zero attached hydrogens (tertiary/aromatic N) is 1. The SMILES string of the molecule is COc1ccc(CN(C)CC(=O)Nc2ccccc2-c2ccccc2)cc1. The lowest BCUT2D eigenvalue weighted by Crippen LogP contribution is -2.30. The van der Waals surface area contributed by atoms with Gasteiger partial charge in [-0.1, -0.05) is 60.7 Å². The first-order valence-corrected chi connectivity index (χ1v) is 8.91. The summed E-state index contributed by atoms with van der Waals surface area (Å²) in [6, 6.07) is 25.8. The van der Waals surface area contributed by atoms with Crippen molar-refractivity contribution in [1.29, 1.82) is 0 Å². The summed E-state index contributed by atoms with van der Waals surface area (Å²) in [6.07, 6.45) is 0. The van der Waals surface area contributed by atoms with Crippen molar-refractivity contribution in [3.05, 3.63) is 84.4 Å². The molecular formula is C23H24N2O2. The van der Waals surface area contributed by atoms with Gasteiger partial charge in [-0.15, -0.1) is 0 Å². The predicted molar refractivity (Wildman–Crippen MR) is 110 cm³/mol. The first-order valence-electron chi connectivity index (χ1n) is 8.91. The molecule has 27 heavy (non-hydrogen) atoms. The summed E-state index contributed by atoms with van der Waals surface area (Å²) in [6.45, 7) is 1.01. The molecule has 0 aliphatic rings. The maximum Gasteiger partial charge on any atom is 0.238 e. The largest absolute Gasteiger partial charge is 0.497 e. The summed E-state index contributed by atoms with van der Waals surface area (Å²) < 4.78 is 5.18. The van der Waals surface area contributed by atoms with Crippen LogP contribution in [0.2, 0.25) is 0 Å². The number of anilines is 1. The minimum Gasteiger partial charge on any atom is -0.497 e. The number of ether oxygens (including phenoxy) is 1. The summed E-state index contributed by atoms with van der Waals surface area (Å²) in [5, 5.41) is 3.04. The number of para-hydroxylation sites is 1. The van der Waals surface area contributed by atoms with Crippen molar-refractivity contribution in [2.24, 2.45) is 0 Å². The van der Waals surface area contributed by atoms with Crippen LogP contribution >= 0.6 is 0 Å². The van der Waals surface area contributed by atoms with Gasteiger partial charge in [0.05, 0.1) is 13.7 Å². The number of carbonyl (C=O) groups excluding carboxylic acids is 1. The third-order valence-corrected chi connectivity index (χ3v) is 4.31. The van der Waals surface area contributed by atoms with Crippen molar-refractivity contribution in [2.75, 3.05) is 26.0 Å². The van der Waals surface area contributed by atoms with Gasteiger partial charge in [-0.05, 0) is 36.4 Å². The van der Waals surface area contributed by atoms with Crippen molar-refractivity contribution >= 4 is 11.6 Å². The van der Waals surface area contributed by atoms with Crippen molar-refractivity contribution in [3.63, 3.8) is 0 Å². The molecule has 1 amide bonds. The standard InChI is InChI=1S/C23H24N2O2/c1-25(16-18-12-14-20(27-2)15-13-18)17-23(26)24-22-11-7-6-10-21(22)19-8-4-3-5-9-19/h3-15H,16-17H2,1-2H3,(H,24,26). The Bertz CT molecular complexity index is 876. The molecule has 0 heterocycles. The second kappa shape index (κ2) is 9.01. The number of carbonyl (C=O) groups is 1. The zero-order valence-corrected chi connectivity index (χ0v) is 15.7. The molecule has 0 aliphatic carbocycles. The molecule has 0 saturated heterocycles. The Hall–Kier alpha value is -3.11. The number of benzene rings is 3. The van der Waals surface area contributed by atoms with E-state index in [-0.39, 0.29) is 5.91 Å². The summed E-state index contributed by atoms with van der Waals surface area (Å²) in [7, 11) is 3.59. The molecule has 3 rings (SSSR count). The van der Waals surface area contributed by atoms with Crippen LogP contribution in [0.5, 0.6) is 5.75 Å². The molecule has 138 valence electrons. The van der Waals surface area contributed by atoms with Crippen LogP contribution in [-0.4, -0.2) is 31.5 Å². The van der Waals surface area contributed by atoms with E-state index in [0.717, 1.165) is 28.1 Å². The van der Waals surface area contributed by atoms with E-state index in [0.29, 0.717) is 13.1 Å². The van der Waals surface area contributed by atoms with Gasteiger partial charge in [-0.2, -0.15) is 0 Å². The average molecular weight is 360 g/mol. The summed E-state index contributed by atoms with van der Waals surface area (Å²) >= 11 is 0. The molecule has 0 aliphatic heterocycles. The molecule has 3 aromatic rings. The molecule has 0 spiro atoms. The number of hydrogen-bond acceptors (Lipinski definition) is 3. The van der Waals surface area contributed by atoms with E-state index in [9.17, 15) is 4.79 Å². The fourth-order valence-corrected chi connectivity index (χ4v) is 2.99. The minimum absolute atomic E-state index is 0.0330. The molecule has 4 nitrogen and oxygen atoms in total. The molecule has 3 aromatic carbocycles. The molecule has 0 bridgehead atoms. The third-order valence-electron chi connectivity index (χ3n) is 4.31. The Kier molecular flexibility index (Phi) is 6.23. The van der Waals surface area contributed by atoms with Gasteiger partial charge in [-0.3, -0.25) is 9.69 Å². The topological polar surface area (TPSA) is 41.6 Å². The van der Waals surface area contributed by atoms with E-state index in [1.54, 1.807) is 7.11 Å². The van der Waals surface area contributed by atoms with Gasteiger partial charge in [-0.25, -0.2) is 0 Å². The van der Waals surface area contributed by atoms with Crippen molar-refractivity contribution < 1.29 is 9.53 Å². The van der Waals surface area contributed by atoms with Crippen LogP contribution in [0.15, 0.2) is 78.9 Å². The average Bonchev–Trinajstić information content (AvgIpc) is 2.69. The normalized spacial score (nSPS) is 10.6. The number of nitrogens with one attached hydrogen (secondary N) is 1. The van der Waals surface area contributed by atoms with Gasteiger partial charge in [0.15, 0.2) is 0 Å². The second-order valence-electron chi connectivity index (χ2n) is 6.48. The lowest BCUT2D eigenvalue weighted by atomic mass is 10.0. The molecule has 0 atom stereocenters. The first kappa shape index (κ1) is 18.7. The van der Waals surface area contributed by atoms with Gasteiger partial charge < -0.3 is 10.1 Å². The summed E-state index contributed by atoms with van der Waals surface area (Å²) in [5.41, 5.74) is 4.06. The van der Waals surface area contributed by atoms with Crippen LogP contribution in [0.3, 0.4) is 0 Å². The Morgan fingerprint density at radius 3 is 2.30 bits per heavy atom. The first-order chi connectivity index (χ1) is 13.2. The second-order valence-corrected chi connectivity index (χ2v) is 6.48. The zero-order chi connectivity index (χ0) is 19.1. The van der Waals surface area contributed by atoms with Crippen LogP contribution in [0, 0.1) is 0 Å². The molecule has 0 aromatic heterocycles. The number of likely N-dealkylation sites (N-methyl/N-ethyl adjacent to an activating group) is 1. The lowest BCUT2D eigenvalue weighted by Gasteiger charge is -2.17. The van der Waals surface area contributed by atoms with Gasteiger partial charge in [0.2, 0.25) is 5.91 Å². The molecule has 0 radical (unpaired) electrons. The van der Waals surface area contributed by atoms with Crippen molar-refractivity contribution in [3.8, 4) is 16.9 Å². The Morgan fingerprint density at radius 2 is 1.59 bits per heavy atom. The van der Waals surface area contributed by atoms with Gasteiger partial charge in [0.25, 0.3) is 0 Å². The number of hydrogen-bond donors (Lipinski definition) is 1. The van der Waals surface area contributed by atoms with Crippen LogP contribution in [0.25, 0.3) is 11.1 Å². The van der Waals surface area contributed by atoms with E-state index in [2.05, 4.69) is 5.32 Å². The Labute approximate surface area is 160 Å². The quantitative estimate of drug-likeness (QED) is 0.678. The van der Waals surface area contributed by atoms with Crippen LogP contribution in [0.4, 0.5) is 5.69 Å². The van der Waals surface area contributed by atoms with Crippen molar-refractivity contribution in [1.82, 2.24) is 4.90 Å². The van der Waals surface area contributed by atoms with E-state index in [1.807, 2.05) is 90.8 Å². The third kappa shape index (κ3) is 5.19. The highest BCUT2D eigenvalue weighted by Gasteiger charge is 2.11. The molecule has 1 N–H and O–H groups in total. The zero-order valence-electron chi connectivity index (χ0n) is 15.7. The van der Waals surface area contributed by atoms with E-state index >= 15 is 0 Å². The monoisotopic (exact) mass is 360 g/mol. The smallest absolute Gasteiger partial charge is 0.238 e. The molecule has 0 saturated carbocycles. The highest BCUT2D eigenvalue weighted by molar-refractivity contribution is 5.96. The fourth-order valence-electron chi connectivity index (χ4n) is 2.99. The molecule has 0 unspecified atom stereocenters. The maximum atomic E-state index is 12.5. The molecule has 0 fully saturated rings. The lowest BCUT2D eigenvalue weighted by molar-refractivity contribution is -0.117. The van der Waals surface area contributed by atoms with Crippen LogP contribution in [0.1, 0.15) is 5.56 Å². The fraction of sp³-hybridized carbons (Fsp3) is 0.174. The molecular weight excluding hydrogens is 336 g/mol. The number of amides is 1. The van der Waals surface area contributed by atoms with Gasteiger partial charge >= 0.3 is 0 Å². The van der Waals surface area contributed by atoms with Gasteiger partial charge in [0.1, 0.15) is 5.75 Å². The summed E-state index contributed by atoms with van der Waals surface area (Å²) in [4.78, 5) is 14.5. The minimum atomic E-state index is -0.0330. The van der Waals surface area contributed by atoms with Gasteiger partial charge in [0, 0.05) is 17.8 Å². The van der Waals surface area contributed by atoms with Crippen LogP contribution in [-0.2, 0) is 11.3 Å². The van der Waals surface area contributed by atoms with E-state index in [4.69, 9.17) is 4.74 Å². The maximum absolute atomic E-state index is 12.5. The Balaban J connectivity index is 1.62. The highest BCUT2D eigenvalue weighted by Crippen LogP contribution is 2.27. The Morgan fingerprint density at radius 1 is 0.926 bits per heavy atom. The highest BCUT2D eigenvalue weighted by atomic mass is 16.5. The van der Waals surface area contributed by atoms with Crippen LogP contribution < -0.4 is 10.1 Å². The van der Waals surface area contributed by atoms with Crippen molar-refractivity contribution in [2.45, 2.75) is 6.54 Å². The van der Waals surface area contributed by atoms with E-state index in [1.165, 1.54) is 0 Å².